The maximum Gasteiger partial charge on any atom is 0.131 e. The molecule has 21 heavy (non-hydrogen) atoms. The highest BCUT2D eigenvalue weighted by Crippen LogP contribution is 2.54. The zero-order valence-corrected chi connectivity index (χ0v) is 12.9. The molecule has 0 unspecified atom stereocenters. The lowest BCUT2D eigenvalue weighted by Gasteiger charge is -2.37. The first-order valence-electron chi connectivity index (χ1n) is 8.01. The Bertz CT molecular complexity index is 667. The average molecular weight is 278 g/mol. The Morgan fingerprint density at radius 2 is 1.67 bits per heavy atom. The van der Waals surface area contributed by atoms with E-state index in [2.05, 4.69) is 62.4 Å². The molecule has 1 spiro atoms. The van der Waals surface area contributed by atoms with Crippen LogP contribution in [-0.2, 0) is 5.41 Å². The first-order chi connectivity index (χ1) is 10.1. The fourth-order valence-corrected chi connectivity index (χ4v) is 4.03. The summed E-state index contributed by atoms with van der Waals surface area (Å²) < 4.78 is 6.24. The molecule has 0 radical (unpaired) electrons. The van der Waals surface area contributed by atoms with E-state index in [0.717, 1.165) is 11.5 Å². The van der Waals surface area contributed by atoms with Gasteiger partial charge in [-0.1, -0.05) is 63.1 Å². The Morgan fingerprint density at radius 3 is 2.48 bits per heavy atom. The smallest absolute Gasteiger partial charge is 0.131 e. The molecule has 1 aromatic rings. The van der Waals surface area contributed by atoms with Crippen LogP contribution in [-0.4, -0.2) is 0 Å². The second-order valence-corrected chi connectivity index (χ2v) is 7.15. The molecule has 1 heteroatoms. The van der Waals surface area contributed by atoms with Gasteiger partial charge in [-0.15, -0.1) is 0 Å². The highest BCUT2D eigenvalue weighted by atomic mass is 16.5. The molecule has 108 valence electrons. The molecule has 1 aromatic carbocycles. The summed E-state index contributed by atoms with van der Waals surface area (Å²) in [6.07, 6.45) is 14.2. The fraction of sp³-hybridized carbons (Fsp3) is 0.400. The molecule has 3 aliphatic rings. The Labute approximate surface area is 127 Å². The van der Waals surface area contributed by atoms with Gasteiger partial charge in [-0.3, -0.25) is 0 Å². The second-order valence-electron chi connectivity index (χ2n) is 7.15. The molecule has 4 rings (SSSR count). The van der Waals surface area contributed by atoms with Crippen molar-refractivity contribution in [3.63, 3.8) is 0 Å². The lowest BCUT2D eigenvalue weighted by molar-refractivity contribution is 0.369. The summed E-state index contributed by atoms with van der Waals surface area (Å²) in [5.74, 6) is 2.10. The predicted molar refractivity (Wildman–Crippen MR) is 86.3 cm³/mol. The van der Waals surface area contributed by atoms with Crippen molar-refractivity contribution in [1.82, 2.24) is 0 Å². The van der Waals surface area contributed by atoms with Crippen LogP contribution in [0.3, 0.4) is 0 Å². The molecule has 1 fully saturated rings. The van der Waals surface area contributed by atoms with Gasteiger partial charge in [-0.2, -0.15) is 0 Å². The maximum atomic E-state index is 6.24. The van der Waals surface area contributed by atoms with Gasteiger partial charge < -0.3 is 4.74 Å². The third-order valence-corrected chi connectivity index (χ3v) is 5.20. The molecular formula is C20H22O. The van der Waals surface area contributed by atoms with Crippen LogP contribution in [0.25, 0.3) is 0 Å². The van der Waals surface area contributed by atoms with E-state index in [9.17, 15) is 0 Å². The molecule has 0 amide bonds. The minimum Gasteiger partial charge on any atom is -0.457 e. The minimum atomic E-state index is 0.0900. The number of para-hydroxylation sites is 1. The number of allylic oxidation sites excluding steroid dienone is 5. The van der Waals surface area contributed by atoms with Crippen LogP contribution < -0.4 is 4.74 Å². The molecule has 1 heterocycles. The van der Waals surface area contributed by atoms with Crippen molar-refractivity contribution in [3.8, 4) is 5.75 Å². The van der Waals surface area contributed by atoms with E-state index in [1.165, 1.54) is 36.8 Å². The predicted octanol–water partition coefficient (Wildman–Crippen LogP) is 5.30. The van der Waals surface area contributed by atoms with Gasteiger partial charge in [0.05, 0.1) is 0 Å². The number of benzene rings is 1. The lowest BCUT2D eigenvalue weighted by Crippen LogP contribution is -2.30. The summed E-state index contributed by atoms with van der Waals surface area (Å²) in [7, 11) is 0. The van der Waals surface area contributed by atoms with Crippen molar-refractivity contribution in [2.75, 3.05) is 0 Å². The largest absolute Gasteiger partial charge is 0.457 e. The molecule has 0 atom stereocenters. The standard InChI is InChI=1S/C20H22O/c1-19(2)13-9-16-18(10-14-19)21-17-8-4-3-7-15(17)20(16)11-5-6-12-20/h3-4,7-10,13-14H,5-6,11-12H2,1-2H3. The highest BCUT2D eigenvalue weighted by molar-refractivity contribution is 5.57. The van der Waals surface area contributed by atoms with Gasteiger partial charge in [0.1, 0.15) is 11.5 Å². The molecule has 2 aliphatic carbocycles. The Kier molecular flexibility index (Phi) is 2.69. The van der Waals surface area contributed by atoms with Gasteiger partial charge in [0.25, 0.3) is 0 Å². The van der Waals surface area contributed by atoms with E-state index in [1.807, 2.05) is 0 Å². The van der Waals surface area contributed by atoms with Crippen LogP contribution in [0, 0.1) is 5.41 Å². The third kappa shape index (κ3) is 1.91. The molecule has 0 saturated heterocycles. The number of fused-ring (bicyclic) bond motifs is 3. The van der Waals surface area contributed by atoms with Gasteiger partial charge in [0.15, 0.2) is 0 Å². The SMILES string of the molecule is CC1(C)C=CC2=C(C=C1)C1(CCCC1)c1ccccc1O2. The van der Waals surface area contributed by atoms with E-state index < -0.39 is 0 Å². The molecule has 0 N–H and O–H groups in total. The number of hydrogen-bond donors (Lipinski definition) is 0. The van der Waals surface area contributed by atoms with Crippen LogP contribution in [0.15, 0.2) is 59.9 Å². The monoisotopic (exact) mass is 278 g/mol. The normalized spacial score (nSPS) is 24.5. The first-order valence-corrected chi connectivity index (χ1v) is 8.01. The maximum absolute atomic E-state index is 6.24. The molecule has 0 bridgehead atoms. The van der Waals surface area contributed by atoms with Crippen LogP contribution >= 0.6 is 0 Å². The summed E-state index contributed by atoms with van der Waals surface area (Å²) in [5, 5.41) is 0. The van der Waals surface area contributed by atoms with E-state index in [1.54, 1.807) is 0 Å². The first kappa shape index (κ1) is 12.9. The molecule has 0 aromatic heterocycles. The van der Waals surface area contributed by atoms with Crippen molar-refractivity contribution in [2.24, 2.45) is 5.41 Å². The molecular weight excluding hydrogens is 256 g/mol. The highest BCUT2D eigenvalue weighted by Gasteiger charge is 2.44. The van der Waals surface area contributed by atoms with Gasteiger partial charge >= 0.3 is 0 Å². The summed E-state index contributed by atoms with van der Waals surface area (Å²) >= 11 is 0. The minimum absolute atomic E-state index is 0.0900. The van der Waals surface area contributed by atoms with Gasteiger partial charge in [0.2, 0.25) is 0 Å². The van der Waals surface area contributed by atoms with Crippen molar-refractivity contribution in [3.05, 3.63) is 65.5 Å². The lowest BCUT2D eigenvalue weighted by atomic mass is 9.70. The third-order valence-electron chi connectivity index (χ3n) is 5.20. The number of hydrogen-bond acceptors (Lipinski definition) is 1. The number of rotatable bonds is 0. The van der Waals surface area contributed by atoms with E-state index in [0.29, 0.717) is 0 Å². The van der Waals surface area contributed by atoms with Crippen molar-refractivity contribution in [1.29, 1.82) is 0 Å². The van der Waals surface area contributed by atoms with E-state index >= 15 is 0 Å². The quantitative estimate of drug-likeness (QED) is 0.626. The Balaban J connectivity index is 1.94. The van der Waals surface area contributed by atoms with Gasteiger partial charge in [0, 0.05) is 22.0 Å². The summed E-state index contributed by atoms with van der Waals surface area (Å²) in [4.78, 5) is 0. The zero-order chi connectivity index (χ0) is 14.5. The average Bonchev–Trinajstić information content (AvgIpc) is 2.89. The summed E-state index contributed by atoms with van der Waals surface area (Å²) in [6, 6.07) is 8.60. The van der Waals surface area contributed by atoms with Crippen LogP contribution in [0.1, 0.15) is 45.1 Å². The van der Waals surface area contributed by atoms with Crippen molar-refractivity contribution >= 4 is 0 Å². The van der Waals surface area contributed by atoms with Gasteiger partial charge in [-0.25, -0.2) is 0 Å². The fourth-order valence-electron chi connectivity index (χ4n) is 4.03. The van der Waals surface area contributed by atoms with E-state index in [-0.39, 0.29) is 10.8 Å². The molecule has 1 aliphatic heterocycles. The van der Waals surface area contributed by atoms with E-state index in [4.69, 9.17) is 4.74 Å². The van der Waals surface area contributed by atoms with Crippen LogP contribution in [0.2, 0.25) is 0 Å². The summed E-state index contributed by atoms with van der Waals surface area (Å²) in [5.41, 5.74) is 3.04. The zero-order valence-electron chi connectivity index (χ0n) is 12.9. The Morgan fingerprint density at radius 1 is 0.952 bits per heavy atom. The van der Waals surface area contributed by atoms with Crippen LogP contribution in [0.5, 0.6) is 5.75 Å². The van der Waals surface area contributed by atoms with Gasteiger partial charge in [-0.05, 0) is 25.0 Å². The molecule has 1 saturated carbocycles. The Hall–Kier alpha value is -1.76. The number of ether oxygens (including phenoxy) is 1. The second kappa shape index (κ2) is 4.37. The summed E-state index contributed by atoms with van der Waals surface area (Å²) in [6.45, 7) is 4.49. The molecule has 1 nitrogen and oxygen atoms in total. The van der Waals surface area contributed by atoms with Crippen molar-refractivity contribution < 1.29 is 4.74 Å². The van der Waals surface area contributed by atoms with Crippen LogP contribution in [0.4, 0.5) is 0 Å². The topological polar surface area (TPSA) is 9.23 Å². The van der Waals surface area contributed by atoms with Crippen molar-refractivity contribution in [2.45, 2.75) is 44.9 Å².